The minimum Gasteiger partial charge on any atom is -0.342 e. The monoisotopic (exact) mass is 354 g/mol. The van der Waals surface area contributed by atoms with Crippen molar-refractivity contribution in [3.05, 3.63) is 65.7 Å². The van der Waals surface area contributed by atoms with Gasteiger partial charge in [-0.1, -0.05) is 30.3 Å². The van der Waals surface area contributed by atoms with E-state index in [-0.39, 0.29) is 24.7 Å². The summed E-state index contributed by atoms with van der Waals surface area (Å²) in [6.45, 7) is 1.49. The van der Waals surface area contributed by atoms with Gasteiger partial charge in [0, 0.05) is 25.2 Å². The Morgan fingerprint density at radius 3 is 2.54 bits per heavy atom. The van der Waals surface area contributed by atoms with Crippen LogP contribution in [0.5, 0.6) is 0 Å². The molecule has 1 heterocycles. The van der Waals surface area contributed by atoms with E-state index in [1.807, 2.05) is 43.3 Å². The Labute approximate surface area is 152 Å². The van der Waals surface area contributed by atoms with Crippen molar-refractivity contribution >= 4 is 16.9 Å². The number of carbonyl (C=O) groups excluding carboxylic acids is 1. The maximum atomic E-state index is 14.0. The molecule has 6 heteroatoms. The summed E-state index contributed by atoms with van der Waals surface area (Å²) in [5.74, 6) is 0.257. The van der Waals surface area contributed by atoms with Gasteiger partial charge in [-0.25, -0.2) is 9.37 Å². The number of nitrogens with one attached hydrogen (secondary N) is 1. The van der Waals surface area contributed by atoms with Crippen molar-refractivity contribution in [2.45, 2.75) is 13.0 Å². The largest absolute Gasteiger partial charge is 0.342 e. The van der Waals surface area contributed by atoms with Crippen LogP contribution in [0.15, 0.2) is 48.5 Å². The molecule has 3 aromatic rings. The molecule has 2 aromatic carbocycles. The number of amides is 1. The van der Waals surface area contributed by atoms with Gasteiger partial charge in [-0.15, -0.1) is 0 Å². The number of para-hydroxylation sites is 2. The first-order valence-corrected chi connectivity index (χ1v) is 8.62. The zero-order chi connectivity index (χ0) is 18.5. The number of hydrogen-bond acceptors (Lipinski definition) is 3. The number of nitrogens with zero attached hydrogens (tertiary/aromatic N) is 3. The molecule has 136 valence electrons. The van der Waals surface area contributed by atoms with Gasteiger partial charge in [0.1, 0.15) is 11.6 Å². The van der Waals surface area contributed by atoms with E-state index in [9.17, 15) is 9.18 Å². The lowest BCUT2D eigenvalue weighted by molar-refractivity contribution is -0.131. The molecule has 3 rings (SSSR count). The molecule has 0 fully saturated rings. The molecule has 1 N–H and O–H groups in total. The molecule has 0 aliphatic heterocycles. The molecule has 0 bridgehead atoms. The van der Waals surface area contributed by atoms with Crippen molar-refractivity contribution in [3.63, 3.8) is 0 Å². The number of hydrogen-bond donors (Lipinski definition) is 1. The van der Waals surface area contributed by atoms with Crippen LogP contribution >= 0.6 is 0 Å². The van der Waals surface area contributed by atoms with Gasteiger partial charge in [0.25, 0.3) is 0 Å². The quantitative estimate of drug-likeness (QED) is 0.710. The predicted octanol–water partition coefficient (Wildman–Crippen LogP) is 2.83. The standard InChI is InChI=1S/C20H23FN4O/c1-24(2)11-12-25(14-15-7-3-4-8-16(15)21)20(26)13-19-22-17-9-5-6-10-18(17)23-19/h3-10H,11-14H2,1-2H3,(H,22,23). The summed E-state index contributed by atoms with van der Waals surface area (Å²) in [7, 11) is 3.90. The fraction of sp³-hybridized carbons (Fsp3) is 0.300. The Morgan fingerprint density at radius 1 is 1.08 bits per heavy atom. The molecule has 0 spiro atoms. The highest BCUT2D eigenvalue weighted by molar-refractivity contribution is 5.80. The number of H-pyrrole nitrogens is 1. The summed E-state index contributed by atoms with van der Waals surface area (Å²) in [5, 5.41) is 0. The first-order chi connectivity index (χ1) is 12.5. The second-order valence-electron chi connectivity index (χ2n) is 6.59. The van der Waals surface area contributed by atoms with E-state index >= 15 is 0 Å². The lowest BCUT2D eigenvalue weighted by Gasteiger charge is -2.24. The van der Waals surface area contributed by atoms with Crippen molar-refractivity contribution in [1.82, 2.24) is 19.8 Å². The molecule has 5 nitrogen and oxygen atoms in total. The average Bonchev–Trinajstić information content (AvgIpc) is 3.02. The Kier molecular flexibility index (Phi) is 5.63. The zero-order valence-corrected chi connectivity index (χ0v) is 15.1. The number of halogens is 1. The van der Waals surface area contributed by atoms with Crippen LogP contribution in [0.2, 0.25) is 0 Å². The number of aromatic amines is 1. The fourth-order valence-corrected chi connectivity index (χ4v) is 2.79. The highest BCUT2D eigenvalue weighted by Crippen LogP contribution is 2.14. The molecule has 1 aromatic heterocycles. The van der Waals surface area contributed by atoms with E-state index in [1.54, 1.807) is 23.1 Å². The summed E-state index contributed by atoms with van der Waals surface area (Å²) in [6.07, 6.45) is 0.163. The Morgan fingerprint density at radius 2 is 1.81 bits per heavy atom. The number of likely N-dealkylation sites (N-methyl/N-ethyl adjacent to an activating group) is 1. The maximum Gasteiger partial charge on any atom is 0.230 e. The number of imidazole rings is 1. The van der Waals surface area contributed by atoms with E-state index in [4.69, 9.17) is 0 Å². The summed E-state index contributed by atoms with van der Waals surface area (Å²) in [5.41, 5.74) is 2.26. The van der Waals surface area contributed by atoms with Crippen LogP contribution in [-0.2, 0) is 17.8 Å². The molecule has 1 amide bonds. The average molecular weight is 354 g/mol. The van der Waals surface area contributed by atoms with E-state index in [1.165, 1.54) is 6.07 Å². The molecule has 0 atom stereocenters. The predicted molar refractivity (Wildman–Crippen MR) is 100 cm³/mol. The third kappa shape index (κ3) is 4.46. The smallest absolute Gasteiger partial charge is 0.230 e. The van der Waals surface area contributed by atoms with Crippen LogP contribution in [0.25, 0.3) is 11.0 Å². The number of aromatic nitrogens is 2. The lowest BCUT2D eigenvalue weighted by Crippen LogP contribution is -2.37. The third-order valence-corrected chi connectivity index (χ3v) is 4.25. The SMILES string of the molecule is CN(C)CCN(Cc1ccccc1F)C(=O)Cc1nc2ccccc2[nH]1. The van der Waals surface area contributed by atoms with E-state index in [0.717, 1.165) is 11.0 Å². The lowest BCUT2D eigenvalue weighted by atomic mass is 10.2. The summed E-state index contributed by atoms with van der Waals surface area (Å²) in [4.78, 5) is 24.2. The summed E-state index contributed by atoms with van der Waals surface area (Å²) < 4.78 is 14.0. The van der Waals surface area contributed by atoms with Crippen LogP contribution < -0.4 is 0 Å². The number of rotatable bonds is 7. The van der Waals surface area contributed by atoms with Gasteiger partial charge in [0.2, 0.25) is 5.91 Å². The topological polar surface area (TPSA) is 52.2 Å². The second-order valence-corrected chi connectivity index (χ2v) is 6.59. The van der Waals surface area contributed by atoms with Crippen LogP contribution in [0, 0.1) is 5.82 Å². The first-order valence-electron chi connectivity index (χ1n) is 8.62. The molecule has 0 radical (unpaired) electrons. The molecule has 0 aliphatic carbocycles. The van der Waals surface area contributed by atoms with Crippen molar-refractivity contribution in [1.29, 1.82) is 0 Å². The summed E-state index contributed by atoms with van der Waals surface area (Å²) in [6, 6.07) is 14.2. The van der Waals surface area contributed by atoms with Gasteiger partial charge in [-0.3, -0.25) is 4.79 Å². The molecule has 26 heavy (non-hydrogen) atoms. The minimum absolute atomic E-state index is 0.0749. The Hall–Kier alpha value is -2.73. The van der Waals surface area contributed by atoms with E-state index < -0.39 is 0 Å². The van der Waals surface area contributed by atoms with Gasteiger partial charge in [-0.2, -0.15) is 0 Å². The van der Waals surface area contributed by atoms with Crippen molar-refractivity contribution < 1.29 is 9.18 Å². The maximum absolute atomic E-state index is 14.0. The van der Waals surface area contributed by atoms with Gasteiger partial charge in [0.15, 0.2) is 0 Å². The van der Waals surface area contributed by atoms with Crippen molar-refractivity contribution in [2.75, 3.05) is 27.2 Å². The molecule has 0 aliphatic rings. The van der Waals surface area contributed by atoms with E-state index in [2.05, 4.69) is 9.97 Å². The first kappa shape index (κ1) is 18.1. The van der Waals surface area contributed by atoms with Crippen molar-refractivity contribution in [2.24, 2.45) is 0 Å². The third-order valence-electron chi connectivity index (χ3n) is 4.25. The summed E-state index contributed by atoms with van der Waals surface area (Å²) >= 11 is 0. The molecular weight excluding hydrogens is 331 g/mol. The van der Waals surface area contributed by atoms with Gasteiger partial charge >= 0.3 is 0 Å². The van der Waals surface area contributed by atoms with Crippen LogP contribution in [-0.4, -0.2) is 52.9 Å². The van der Waals surface area contributed by atoms with Crippen LogP contribution in [0.3, 0.4) is 0 Å². The molecule has 0 unspecified atom stereocenters. The van der Waals surface area contributed by atoms with E-state index in [0.29, 0.717) is 24.5 Å². The highest BCUT2D eigenvalue weighted by atomic mass is 19.1. The Balaban J connectivity index is 1.76. The molecule has 0 saturated heterocycles. The molecular formula is C20H23FN4O. The van der Waals surface area contributed by atoms with Gasteiger partial charge in [-0.05, 0) is 32.3 Å². The van der Waals surface area contributed by atoms with Crippen LogP contribution in [0.4, 0.5) is 4.39 Å². The normalized spacial score (nSPS) is 11.2. The fourth-order valence-electron chi connectivity index (χ4n) is 2.79. The zero-order valence-electron chi connectivity index (χ0n) is 15.1. The highest BCUT2D eigenvalue weighted by Gasteiger charge is 2.18. The van der Waals surface area contributed by atoms with Gasteiger partial charge < -0.3 is 14.8 Å². The minimum atomic E-state index is -0.293. The second kappa shape index (κ2) is 8.10. The number of fused-ring (bicyclic) bond motifs is 1. The van der Waals surface area contributed by atoms with Gasteiger partial charge in [0.05, 0.1) is 17.5 Å². The Bertz CT molecular complexity index is 857. The van der Waals surface area contributed by atoms with Crippen LogP contribution in [0.1, 0.15) is 11.4 Å². The number of benzene rings is 2. The number of carbonyl (C=O) groups is 1. The molecule has 0 saturated carbocycles. The van der Waals surface area contributed by atoms with Crippen molar-refractivity contribution in [3.8, 4) is 0 Å².